The minimum Gasteiger partial charge on any atom is -0.387 e. The Morgan fingerprint density at radius 1 is 1.48 bits per heavy atom. The number of hydrogen-bond donors (Lipinski definition) is 2. The van der Waals surface area contributed by atoms with E-state index in [0.29, 0.717) is 41.8 Å². The third-order valence-electron chi connectivity index (χ3n) is 4.23. The summed E-state index contributed by atoms with van der Waals surface area (Å²) in [6.07, 6.45) is 2.26. The van der Waals surface area contributed by atoms with Crippen LogP contribution in [-0.4, -0.2) is 35.0 Å². The molecule has 2 rings (SSSR count). The van der Waals surface area contributed by atoms with Crippen molar-refractivity contribution in [1.82, 2.24) is 10.2 Å². The SMILES string of the molecule is C/C(N)=N/C(=S)NC(=O)N1CCC(Cc2cc(C)c(Cl)cc2F)CC1. The van der Waals surface area contributed by atoms with Gasteiger partial charge in [0.25, 0.3) is 0 Å². The average Bonchev–Trinajstić information content (AvgIpc) is 2.52. The fraction of sp³-hybridized carbons (Fsp3) is 0.471. The number of aryl methyl sites for hydroxylation is 1. The number of nitrogens with two attached hydrogens (primary N) is 1. The van der Waals surface area contributed by atoms with Crippen LogP contribution in [0.15, 0.2) is 17.1 Å². The second-order valence-corrected chi connectivity index (χ2v) is 7.11. The number of carbonyl (C=O) groups is 1. The number of halogens is 2. The van der Waals surface area contributed by atoms with Crippen LogP contribution in [0.3, 0.4) is 0 Å². The fourth-order valence-electron chi connectivity index (χ4n) is 2.88. The number of amidine groups is 1. The molecule has 2 amide bonds. The standard InChI is InChI=1S/C17H22ClFN4OS/c1-10-7-13(15(19)9-14(10)18)8-12-3-5-23(6-4-12)17(24)22-16(25)21-11(2)20/h7,9,12H,3-6,8H2,1-2H3,(H3,20,21,22,24,25). The van der Waals surface area contributed by atoms with Crippen LogP contribution in [0.2, 0.25) is 5.02 Å². The van der Waals surface area contributed by atoms with Crippen LogP contribution in [0.1, 0.15) is 30.9 Å². The molecule has 0 aliphatic carbocycles. The van der Waals surface area contributed by atoms with Crippen LogP contribution in [0.25, 0.3) is 0 Å². The largest absolute Gasteiger partial charge is 0.387 e. The molecule has 8 heteroatoms. The van der Waals surface area contributed by atoms with E-state index in [4.69, 9.17) is 29.6 Å². The lowest BCUT2D eigenvalue weighted by Gasteiger charge is -2.32. The van der Waals surface area contributed by atoms with Crippen molar-refractivity contribution in [3.05, 3.63) is 34.1 Å². The molecule has 1 fully saturated rings. The zero-order valence-corrected chi connectivity index (χ0v) is 15.9. The van der Waals surface area contributed by atoms with Crippen LogP contribution in [0.4, 0.5) is 9.18 Å². The summed E-state index contributed by atoms with van der Waals surface area (Å²) in [5.41, 5.74) is 6.98. The van der Waals surface area contributed by atoms with Gasteiger partial charge in [0.15, 0.2) is 0 Å². The number of benzene rings is 1. The van der Waals surface area contributed by atoms with Crippen LogP contribution < -0.4 is 11.1 Å². The normalized spacial score (nSPS) is 16.0. The molecule has 0 radical (unpaired) electrons. The smallest absolute Gasteiger partial charge is 0.323 e. The van der Waals surface area contributed by atoms with Gasteiger partial charge in [0.2, 0.25) is 5.11 Å². The maximum absolute atomic E-state index is 14.0. The molecule has 1 aliphatic heterocycles. The molecule has 0 unspecified atom stereocenters. The number of nitrogens with one attached hydrogen (secondary N) is 1. The van der Waals surface area contributed by atoms with Crippen molar-refractivity contribution in [3.8, 4) is 0 Å². The molecule has 0 spiro atoms. The molecular weight excluding hydrogens is 363 g/mol. The number of likely N-dealkylation sites (tertiary alicyclic amines) is 1. The fourth-order valence-corrected chi connectivity index (χ4v) is 3.26. The first-order valence-electron chi connectivity index (χ1n) is 8.11. The summed E-state index contributed by atoms with van der Waals surface area (Å²) in [6.45, 7) is 4.66. The summed E-state index contributed by atoms with van der Waals surface area (Å²) < 4.78 is 14.0. The lowest BCUT2D eigenvalue weighted by atomic mass is 9.89. The quantitative estimate of drug-likeness (QED) is 0.466. The lowest BCUT2D eigenvalue weighted by Crippen LogP contribution is -2.46. The summed E-state index contributed by atoms with van der Waals surface area (Å²) in [4.78, 5) is 17.6. The molecule has 0 aromatic heterocycles. The van der Waals surface area contributed by atoms with E-state index in [1.807, 2.05) is 13.0 Å². The molecule has 5 nitrogen and oxygen atoms in total. The third-order valence-corrected chi connectivity index (χ3v) is 4.83. The van der Waals surface area contributed by atoms with Gasteiger partial charge >= 0.3 is 6.03 Å². The topological polar surface area (TPSA) is 70.7 Å². The van der Waals surface area contributed by atoms with Gasteiger partial charge in [0, 0.05) is 18.1 Å². The molecule has 1 heterocycles. The second-order valence-electron chi connectivity index (χ2n) is 6.32. The molecule has 1 aromatic rings. The number of rotatable bonds is 2. The number of nitrogens with zero attached hydrogens (tertiary/aromatic N) is 2. The van der Waals surface area contributed by atoms with Gasteiger partial charge in [0.05, 0.1) is 5.84 Å². The molecular formula is C17H22ClFN4OS. The molecule has 1 aromatic carbocycles. The molecule has 3 N–H and O–H groups in total. The van der Waals surface area contributed by atoms with E-state index < -0.39 is 0 Å². The minimum absolute atomic E-state index is 0.0610. The predicted octanol–water partition coefficient (Wildman–Crippen LogP) is 3.41. The first-order chi connectivity index (χ1) is 11.8. The van der Waals surface area contributed by atoms with Crippen molar-refractivity contribution in [2.75, 3.05) is 13.1 Å². The maximum atomic E-state index is 14.0. The summed E-state index contributed by atoms with van der Waals surface area (Å²) in [6, 6.07) is 2.90. The van der Waals surface area contributed by atoms with Gasteiger partial charge in [-0.1, -0.05) is 17.7 Å². The van der Waals surface area contributed by atoms with Crippen molar-refractivity contribution in [1.29, 1.82) is 0 Å². The van der Waals surface area contributed by atoms with E-state index in [2.05, 4.69) is 10.3 Å². The zero-order valence-electron chi connectivity index (χ0n) is 14.3. The van der Waals surface area contributed by atoms with Crippen LogP contribution in [0.5, 0.6) is 0 Å². The Kier molecular flexibility index (Phi) is 6.72. The van der Waals surface area contributed by atoms with Gasteiger partial charge in [0.1, 0.15) is 5.82 Å². The van der Waals surface area contributed by atoms with E-state index in [1.165, 1.54) is 6.07 Å². The molecule has 0 atom stereocenters. The predicted molar refractivity (Wildman–Crippen MR) is 103 cm³/mol. The molecule has 0 saturated carbocycles. The summed E-state index contributed by atoms with van der Waals surface area (Å²) >= 11 is 10.9. The van der Waals surface area contributed by atoms with Gasteiger partial charge in [-0.2, -0.15) is 0 Å². The molecule has 1 saturated heterocycles. The monoisotopic (exact) mass is 384 g/mol. The van der Waals surface area contributed by atoms with Crippen molar-refractivity contribution < 1.29 is 9.18 Å². The van der Waals surface area contributed by atoms with E-state index in [1.54, 1.807) is 11.8 Å². The second kappa shape index (κ2) is 8.58. The van der Waals surface area contributed by atoms with E-state index in [-0.39, 0.29) is 17.0 Å². The van der Waals surface area contributed by atoms with Gasteiger partial charge in [-0.05, 0) is 68.4 Å². The van der Waals surface area contributed by atoms with E-state index in [0.717, 1.165) is 18.4 Å². The number of carbonyl (C=O) groups excluding carboxylic acids is 1. The highest BCUT2D eigenvalue weighted by Crippen LogP contribution is 2.26. The van der Waals surface area contributed by atoms with Crippen LogP contribution in [0, 0.1) is 18.7 Å². The van der Waals surface area contributed by atoms with Crippen molar-refractivity contribution >= 4 is 40.8 Å². The van der Waals surface area contributed by atoms with Crippen molar-refractivity contribution in [2.45, 2.75) is 33.1 Å². The third kappa shape index (κ3) is 5.64. The number of piperidine rings is 1. The molecule has 1 aliphatic rings. The number of urea groups is 1. The highest BCUT2D eigenvalue weighted by Gasteiger charge is 2.24. The Labute approximate surface area is 157 Å². The number of hydrogen-bond acceptors (Lipinski definition) is 2. The number of thiocarbonyl (C=S) groups is 1. The summed E-state index contributed by atoms with van der Waals surface area (Å²) in [5.74, 6) is 0.357. The Balaban J connectivity index is 1.87. The van der Waals surface area contributed by atoms with Crippen molar-refractivity contribution in [2.24, 2.45) is 16.6 Å². The first-order valence-corrected chi connectivity index (χ1v) is 8.90. The highest BCUT2D eigenvalue weighted by molar-refractivity contribution is 7.80. The number of aliphatic imine (C=N–C) groups is 1. The van der Waals surface area contributed by atoms with Gasteiger partial charge < -0.3 is 10.6 Å². The first kappa shape index (κ1) is 19.6. The van der Waals surface area contributed by atoms with Gasteiger partial charge in [-0.25, -0.2) is 14.2 Å². The maximum Gasteiger partial charge on any atom is 0.323 e. The highest BCUT2D eigenvalue weighted by atomic mass is 35.5. The summed E-state index contributed by atoms with van der Waals surface area (Å²) in [7, 11) is 0. The van der Waals surface area contributed by atoms with Crippen LogP contribution in [-0.2, 0) is 6.42 Å². The van der Waals surface area contributed by atoms with Crippen molar-refractivity contribution in [3.63, 3.8) is 0 Å². The minimum atomic E-state index is -0.276. The molecule has 136 valence electrons. The van der Waals surface area contributed by atoms with E-state index >= 15 is 0 Å². The lowest BCUT2D eigenvalue weighted by molar-refractivity contribution is 0.174. The molecule has 25 heavy (non-hydrogen) atoms. The Bertz CT molecular complexity index is 698. The zero-order chi connectivity index (χ0) is 18.6. The van der Waals surface area contributed by atoms with E-state index in [9.17, 15) is 9.18 Å². The Hall–Kier alpha value is -1.73. The van der Waals surface area contributed by atoms with Gasteiger partial charge in [-0.3, -0.25) is 5.32 Å². The Morgan fingerprint density at radius 2 is 2.12 bits per heavy atom. The Morgan fingerprint density at radius 3 is 2.72 bits per heavy atom. The van der Waals surface area contributed by atoms with Crippen LogP contribution >= 0.6 is 23.8 Å². The summed E-state index contributed by atoms with van der Waals surface area (Å²) in [5, 5.41) is 3.05. The number of amides is 2. The molecule has 0 bridgehead atoms. The average molecular weight is 385 g/mol. The van der Waals surface area contributed by atoms with Gasteiger partial charge in [-0.15, -0.1) is 0 Å².